The van der Waals surface area contributed by atoms with E-state index < -0.39 is 0 Å². The molecule has 1 nitrogen and oxygen atoms in total. The molecule has 1 aromatic carbocycles. The lowest BCUT2D eigenvalue weighted by Crippen LogP contribution is -2.41. The van der Waals surface area contributed by atoms with Crippen LogP contribution < -0.4 is 5.32 Å². The molecule has 1 aliphatic heterocycles. The highest BCUT2D eigenvalue weighted by molar-refractivity contribution is 5.40. The maximum atomic E-state index is 3.68. The standard InChI is InChI=1S/C14H19N/c1-14(13-7-4-10-15-13)9-8-11-5-2-3-6-12(11)14/h2-3,5-6,13,15H,4,7-10H2,1H3. The molecule has 3 rings (SSSR count). The van der Waals surface area contributed by atoms with Gasteiger partial charge in [0.2, 0.25) is 0 Å². The van der Waals surface area contributed by atoms with Crippen molar-refractivity contribution in [1.29, 1.82) is 0 Å². The van der Waals surface area contributed by atoms with Crippen LogP contribution in [0.25, 0.3) is 0 Å². The maximum Gasteiger partial charge on any atom is 0.0162 e. The molecule has 0 spiro atoms. The molecular weight excluding hydrogens is 182 g/mol. The Morgan fingerprint density at radius 3 is 3.00 bits per heavy atom. The summed E-state index contributed by atoms with van der Waals surface area (Å²) in [5.74, 6) is 0. The Morgan fingerprint density at radius 1 is 1.33 bits per heavy atom. The van der Waals surface area contributed by atoms with Gasteiger partial charge in [-0.3, -0.25) is 0 Å². The molecule has 0 amide bonds. The van der Waals surface area contributed by atoms with Crippen LogP contribution >= 0.6 is 0 Å². The minimum atomic E-state index is 0.396. The van der Waals surface area contributed by atoms with E-state index in [0.29, 0.717) is 11.5 Å². The average molecular weight is 201 g/mol. The lowest BCUT2D eigenvalue weighted by molar-refractivity contribution is 0.344. The third kappa shape index (κ3) is 1.33. The molecule has 2 atom stereocenters. The molecule has 1 fully saturated rings. The minimum Gasteiger partial charge on any atom is -0.313 e. The second-order valence-electron chi connectivity index (χ2n) is 5.22. The molecule has 0 aromatic heterocycles. The van der Waals surface area contributed by atoms with Gasteiger partial charge in [-0.1, -0.05) is 31.2 Å². The van der Waals surface area contributed by atoms with Gasteiger partial charge < -0.3 is 5.32 Å². The quantitative estimate of drug-likeness (QED) is 0.736. The Morgan fingerprint density at radius 2 is 2.20 bits per heavy atom. The highest BCUT2D eigenvalue weighted by atomic mass is 15.0. The molecule has 0 bridgehead atoms. The molecule has 2 unspecified atom stereocenters. The van der Waals surface area contributed by atoms with Gasteiger partial charge in [0.1, 0.15) is 0 Å². The van der Waals surface area contributed by atoms with Crippen molar-refractivity contribution in [3.63, 3.8) is 0 Å². The number of fused-ring (bicyclic) bond motifs is 1. The number of hydrogen-bond donors (Lipinski definition) is 1. The molecule has 1 heteroatoms. The first kappa shape index (κ1) is 9.41. The maximum absolute atomic E-state index is 3.68. The second kappa shape index (κ2) is 3.34. The van der Waals surface area contributed by atoms with Crippen molar-refractivity contribution in [3.05, 3.63) is 35.4 Å². The third-order valence-electron chi connectivity index (χ3n) is 4.38. The van der Waals surface area contributed by atoms with Crippen LogP contribution in [0.1, 0.15) is 37.3 Å². The zero-order valence-electron chi connectivity index (χ0n) is 9.42. The van der Waals surface area contributed by atoms with Crippen LogP contribution in [0.4, 0.5) is 0 Å². The molecule has 0 saturated carbocycles. The lowest BCUT2D eigenvalue weighted by Gasteiger charge is -2.32. The van der Waals surface area contributed by atoms with Crippen LogP contribution in [0, 0.1) is 0 Å². The fourth-order valence-electron chi connectivity index (χ4n) is 3.41. The predicted molar refractivity (Wildman–Crippen MR) is 63.1 cm³/mol. The Bertz CT molecular complexity index is 365. The van der Waals surface area contributed by atoms with E-state index in [9.17, 15) is 0 Å². The fourth-order valence-corrected chi connectivity index (χ4v) is 3.41. The van der Waals surface area contributed by atoms with E-state index >= 15 is 0 Å². The number of aryl methyl sites for hydroxylation is 1. The van der Waals surface area contributed by atoms with Gasteiger partial charge in [-0.25, -0.2) is 0 Å². The summed E-state index contributed by atoms with van der Waals surface area (Å²) < 4.78 is 0. The van der Waals surface area contributed by atoms with E-state index in [4.69, 9.17) is 0 Å². The summed E-state index contributed by atoms with van der Waals surface area (Å²) in [5.41, 5.74) is 3.57. The van der Waals surface area contributed by atoms with Gasteiger partial charge in [0, 0.05) is 11.5 Å². The van der Waals surface area contributed by atoms with Crippen molar-refractivity contribution in [3.8, 4) is 0 Å². The van der Waals surface area contributed by atoms with Crippen LogP contribution in [-0.4, -0.2) is 12.6 Å². The summed E-state index contributed by atoms with van der Waals surface area (Å²) in [7, 11) is 0. The van der Waals surface area contributed by atoms with E-state index in [0.717, 1.165) is 0 Å². The number of rotatable bonds is 1. The highest BCUT2D eigenvalue weighted by Crippen LogP contribution is 2.43. The van der Waals surface area contributed by atoms with Crippen LogP contribution in [0.3, 0.4) is 0 Å². The molecule has 1 saturated heterocycles. The predicted octanol–water partition coefficient (Wildman–Crippen LogP) is 2.64. The Hall–Kier alpha value is -0.820. The van der Waals surface area contributed by atoms with E-state index in [-0.39, 0.29) is 0 Å². The topological polar surface area (TPSA) is 12.0 Å². The largest absolute Gasteiger partial charge is 0.313 e. The molecule has 2 aliphatic rings. The van der Waals surface area contributed by atoms with E-state index in [2.05, 4.69) is 36.5 Å². The first-order valence-corrected chi connectivity index (χ1v) is 6.12. The monoisotopic (exact) mass is 201 g/mol. The zero-order valence-corrected chi connectivity index (χ0v) is 9.42. The SMILES string of the molecule is CC1(C2CCCN2)CCc2ccccc21. The summed E-state index contributed by atoms with van der Waals surface area (Å²) in [5, 5.41) is 3.68. The lowest BCUT2D eigenvalue weighted by atomic mass is 9.76. The van der Waals surface area contributed by atoms with Gasteiger partial charge in [0.25, 0.3) is 0 Å². The molecule has 1 aliphatic carbocycles. The molecule has 80 valence electrons. The first-order valence-electron chi connectivity index (χ1n) is 6.12. The van der Waals surface area contributed by atoms with Crippen molar-refractivity contribution in [1.82, 2.24) is 5.32 Å². The van der Waals surface area contributed by atoms with Crippen molar-refractivity contribution in [2.45, 2.75) is 44.1 Å². The van der Waals surface area contributed by atoms with Crippen molar-refractivity contribution in [2.24, 2.45) is 0 Å². The first-order chi connectivity index (χ1) is 7.31. The molecule has 0 radical (unpaired) electrons. The van der Waals surface area contributed by atoms with Crippen LogP contribution in [0.2, 0.25) is 0 Å². The van der Waals surface area contributed by atoms with Crippen molar-refractivity contribution in [2.75, 3.05) is 6.54 Å². The highest BCUT2D eigenvalue weighted by Gasteiger charge is 2.41. The Balaban J connectivity index is 2.00. The molecule has 1 aromatic rings. The molecule has 1 heterocycles. The number of nitrogens with one attached hydrogen (secondary N) is 1. The smallest absolute Gasteiger partial charge is 0.0162 e. The van der Waals surface area contributed by atoms with Crippen LogP contribution in [-0.2, 0) is 11.8 Å². The van der Waals surface area contributed by atoms with Gasteiger partial charge >= 0.3 is 0 Å². The third-order valence-corrected chi connectivity index (χ3v) is 4.38. The summed E-state index contributed by atoms with van der Waals surface area (Å²) >= 11 is 0. The molecule has 1 N–H and O–H groups in total. The summed E-state index contributed by atoms with van der Waals surface area (Å²) in [4.78, 5) is 0. The fraction of sp³-hybridized carbons (Fsp3) is 0.571. The number of hydrogen-bond acceptors (Lipinski definition) is 1. The minimum absolute atomic E-state index is 0.396. The normalized spacial score (nSPS) is 34.3. The van der Waals surface area contributed by atoms with Crippen molar-refractivity contribution >= 4 is 0 Å². The van der Waals surface area contributed by atoms with E-state index in [1.54, 1.807) is 11.1 Å². The van der Waals surface area contributed by atoms with Gasteiger partial charge in [0.05, 0.1) is 0 Å². The van der Waals surface area contributed by atoms with E-state index in [1.165, 1.54) is 32.2 Å². The van der Waals surface area contributed by atoms with Gasteiger partial charge in [-0.05, 0) is 43.4 Å². The Kier molecular flexibility index (Phi) is 2.10. The van der Waals surface area contributed by atoms with Gasteiger partial charge in [-0.15, -0.1) is 0 Å². The zero-order chi connectivity index (χ0) is 10.3. The molecular formula is C14H19N. The van der Waals surface area contributed by atoms with Crippen LogP contribution in [0.5, 0.6) is 0 Å². The van der Waals surface area contributed by atoms with Crippen molar-refractivity contribution < 1.29 is 0 Å². The second-order valence-corrected chi connectivity index (χ2v) is 5.22. The Labute approximate surface area is 91.9 Å². The summed E-state index contributed by atoms with van der Waals surface area (Å²) in [6.45, 7) is 3.66. The molecule has 15 heavy (non-hydrogen) atoms. The average Bonchev–Trinajstić information content (AvgIpc) is 2.88. The summed E-state index contributed by atoms with van der Waals surface area (Å²) in [6, 6.07) is 9.71. The van der Waals surface area contributed by atoms with E-state index in [1.807, 2.05) is 0 Å². The summed E-state index contributed by atoms with van der Waals surface area (Å²) in [6.07, 6.45) is 5.29. The van der Waals surface area contributed by atoms with Crippen LogP contribution in [0.15, 0.2) is 24.3 Å². The van der Waals surface area contributed by atoms with Gasteiger partial charge in [0.15, 0.2) is 0 Å². The van der Waals surface area contributed by atoms with Gasteiger partial charge in [-0.2, -0.15) is 0 Å². The number of benzene rings is 1.